The first-order valence-electron chi connectivity index (χ1n) is 11.8. The molecule has 7 nitrogen and oxygen atoms in total. The average Bonchev–Trinajstić information content (AvgIpc) is 2.89. The van der Waals surface area contributed by atoms with Gasteiger partial charge in [0.05, 0.1) is 13.2 Å². The molecule has 5 rings (SSSR count). The highest BCUT2D eigenvalue weighted by atomic mass is 35.5. The third-order valence-corrected chi connectivity index (χ3v) is 5.66. The molecule has 0 spiro atoms. The van der Waals surface area contributed by atoms with Gasteiger partial charge in [0.25, 0.3) is 0 Å². The number of hydrogen-bond acceptors (Lipinski definition) is 7. The van der Waals surface area contributed by atoms with Crippen LogP contribution in [0.15, 0.2) is 93.6 Å². The predicted octanol–water partition coefficient (Wildman–Crippen LogP) is 5.54. The Labute approximate surface area is 215 Å². The Hall–Kier alpha value is -3.68. The number of fused-ring (bicyclic) bond motifs is 2. The highest BCUT2D eigenvalue weighted by Gasteiger charge is 2.15. The Morgan fingerprint density at radius 3 is 2.72 bits per heavy atom. The van der Waals surface area contributed by atoms with Crippen LogP contribution in [0.3, 0.4) is 0 Å². The molecule has 0 fully saturated rings. The standard InChI is InChI=1S/C28H27NO6.ClH/c30-28-12-8-21-7-9-22(15-26(21)35-28)31-14-4-13-29-17-24-19-33-27-16-23(10-11-25(27)34-24)32-18-20-5-2-1-3-6-20;/h1-2,5,7-12,15-16,19,29H,3-4,6,13-14,17-18H2;1H. The van der Waals surface area contributed by atoms with Crippen LogP contribution in [0.4, 0.5) is 0 Å². The predicted molar refractivity (Wildman–Crippen MR) is 140 cm³/mol. The first-order chi connectivity index (χ1) is 17.2. The SMILES string of the molecule is Cl.O=c1ccc2ccc(OCCCNCC3=COc4cc(OCC5=CC=CCC5)ccc4O3)cc2o1. The van der Waals surface area contributed by atoms with Gasteiger partial charge in [-0.25, -0.2) is 4.79 Å². The normalized spacial score (nSPS) is 14.0. The highest BCUT2D eigenvalue weighted by molar-refractivity contribution is 5.85. The molecule has 1 aromatic heterocycles. The molecule has 1 N–H and O–H groups in total. The lowest BCUT2D eigenvalue weighted by Gasteiger charge is -2.19. The van der Waals surface area contributed by atoms with E-state index in [0.29, 0.717) is 48.3 Å². The van der Waals surface area contributed by atoms with Crippen LogP contribution in [-0.4, -0.2) is 26.3 Å². The van der Waals surface area contributed by atoms with Crippen LogP contribution in [0, 0.1) is 0 Å². The van der Waals surface area contributed by atoms with Gasteiger partial charge in [-0.15, -0.1) is 12.4 Å². The van der Waals surface area contributed by atoms with Gasteiger partial charge in [-0.2, -0.15) is 0 Å². The number of benzene rings is 2. The lowest BCUT2D eigenvalue weighted by Crippen LogP contribution is -2.23. The molecule has 2 aromatic carbocycles. The minimum absolute atomic E-state index is 0. The second-order valence-corrected chi connectivity index (χ2v) is 8.33. The quantitative estimate of drug-likeness (QED) is 0.284. The van der Waals surface area contributed by atoms with E-state index in [1.165, 1.54) is 11.6 Å². The van der Waals surface area contributed by atoms with Crippen molar-refractivity contribution in [2.75, 3.05) is 26.3 Å². The third-order valence-electron chi connectivity index (χ3n) is 5.66. The molecular formula is C28H28ClNO6. The number of rotatable bonds is 10. The fourth-order valence-corrected chi connectivity index (χ4v) is 3.81. The molecule has 0 bridgehead atoms. The summed E-state index contributed by atoms with van der Waals surface area (Å²) in [7, 11) is 0. The van der Waals surface area contributed by atoms with Gasteiger partial charge in [-0.3, -0.25) is 0 Å². The largest absolute Gasteiger partial charge is 0.493 e. The zero-order valence-corrected chi connectivity index (χ0v) is 20.6. The van der Waals surface area contributed by atoms with Crippen LogP contribution in [0.5, 0.6) is 23.0 Å². The smallest absolute Gasteiger partial charge is 0.336 e. The van der Waals surface area contributed by atoms with Gasteiger partial charge in [0.1, 0.15) is 30.0 Å². The summed E-state index contributed by atoms with van der Waals surface area (Å²) < 4.78 is 28.6. The van der Waals surface area contributed by atoms with E-state index in [0.717, 1.165) is 36.9 Å². The summed E-state index contributed by atoms with van der Waals surface area (Å²) in [6.07, 6.45) is 10.9. The maximum absolute atomic E-state index is 11.4. The second-order valence-electron chi connectivity index (χ2n) is 8.33. The summed E-state index contributed by atoms with van der Waals surface area (Å²) in [6, 6.07) is 14.2. The van der Waals surface area contributed by atoms with Gasteiger partial charge < -0.3 is 28.7 Å². The average molecular weight is 510 g/mol. The van der Waals surface area contributed by atoms with E-state index in [1.54, 1.807) is 18.4 Å². The van der Waals surface area contributed by atoms with E-state index >= 15 is 0 Å². The van der Waals surface area contributed by atoms with Crippen LogP contribution < -0.4 is 29.9 Å². The van der Waals surface area contributed by atoms with Crippen molar-refractivity contribution in [3.63, 3.8) is 0 Å². The van der Waals surface area contributed by atoms with E-state index in [9.17, 15) is 4.79 Å². The Morgan fingerprint density at radius 1 is 0.972 bits per heavy atom. The van der Waals surface area contributed by atoms with Crippen molar-refractivity contribution in [3.05, 3.63) is 94.8 Å². The molecule has 0 saturated carbocycles. The Balaban J connectivity index is 0.00000304. The fourth-order valence-electron chi connectivity index (χ4n) is 3.81. The van der Waals surface area contributed by atoms with Gasteiger partial charge in [-0.05, 0) is 61.7 Å². The third kappa shape index (κ3) is 6.71. The summed E-state index contributed by atoms with van der Waals surface area (Å²) in [5.41, 5.74) is 1.43. The molecule has 0 radical (unpaired) electrons. The summed E-state index contributed by atoms with van der Waals surface area (Å²) in [5.74, 6) is 3.44. The van der Waals surface area contributed by atoms with Crippen molar-refractivity contribution in [2.24, 2.45) is 0 Å². The Bertz CT molecular complexity index is 1340. The van der Waals surface area contributed by atoms with Crippen LogP contribution in [0.2, 0.25) is 0 Å². The van der Waals surface area contributed by atoms with Crippen LogP contribution >= 0.6 is 12.4 Å². The fraction of sp³-hybridized carbons (Fsp3) is 0.250. The molecule has 36 heavy (non-hydrogen) atoms. The molecule has 3 aromatic rings. The van der Waals surface area contributed by atoms with Crippen molar-refractivity contribution in [1.29, 1.82) is 0 Å². The van der Waals surface area contributed by atoms with Gasteiger partial charge in [0, 0.05) is 23.6 Å². The van der Waals surface area contributed by atoms with Crippen molar-refractivity contribution in [1.82, 2.24) is 5.32 Å². The topological polar surface area (TPSA) is 79.2 Å². The lowest BCUT2D eigenvalue weighted by atomic mass is 10.1. The maximum Gasteiger partial charge on any atom is 0.336 e. The first kappa shape index (κ1) is 25.4. The van der Waals surface area contributed by atoms with Crippen molar-refractivity contribution >= 4 is 23.4 Å². The van der Waals surface area contributed by atoms with Crippen LogP contribution in [-0.2, 0) is 0 Å². The van der Waals surface area contributed by atoms with Gasteiger partial charge in [0.2, 0.25) is 0 Å². The summed E-state index contributed by atoms with van der Waals surface area (Å²) >= 11 is 0. The molecule has 1 aliphatic carbocycles. The van der Waals surface area contributed by atoms with E-state index < -0.39 is 0 Å². The molecule has 0 unspecified atom stereocenters. The highest BCUT2D eigenvalue weighted by Crippen LogP contribution is 2.35. The Kier molecular flexibility index (Phi) is 8.71. The Morgan fingerprint density at radius 2 is 1.83 bits per heavy atom. The van der Waals surface area contributed by atoms with Crippen molar-refractivity contribution < 1.29 is 23.4 Å². The number of nitrogens with one attached hydrogen (secondary N) is 1. The summed E-state index contributed by atoms with van der Waals surface area (Å²) in [6.45, 7) is 2.40. The summed E-state index contributed by atoms with van der Waals surface area (Å²) in [4.78, 5) is 11.4. The number of hydrogen-bond donors (Lipinski definition) is 1. The van der Waals surface area contributed by atoms with Gasteiger partial charge in [0.15, 0.2) is 17.3 Å². The molecular weight excluding hydrogens is 482 g/mol. The van der Waals surface area contributed by atoms with Crippen molar-refractivity contribution in [3.8, 4) is 23.0 Å². The molecule has 1 aliphatic heterocycles. The molecule has 188 valence electrons. The number of halogens is 1. The number of allylic oxidation sites excluding steroid dienone is 3. The van der Waals surface area contributed by atoms with Crippen molar-refractivity contribution in [2.45, 2.75) is 19.3 Å². The minimum atomic E-state index is -0.371. The van der Waals surface area contributed by atoms with Gasteiger partial charge >= 0.3 is 5.63 Å². The molecule has 0 atom stereocenters. The van der Waals surface area contributed by atoms with E-state index in [4.69, 9.17) is 23.4 Å². The molecule has 0 saturated heterocycles. The zero-order chi connectivity index (χ0) is 23.9. The monoisotopic (exact) mass is 509 g/mol. The zero-order valence-electron chi connectivity index (χ0n) is 19.7. The molecule has 0 amide bonds. The first-order valence-corrected chi connectivity index (χ1v) is 11.8. The molecule has 2 aliphatic rings. The van der Waals surface area contributed by atoms with Gasteiger partial charge in [-0.1, -0.05) is 18.2 Å². The molecule has 2 heterocycles. The van der Waals surface area contributed by atoms with E-state index in [-0.39, 0.29) is 18.0 Å². The van der Waals surface area contributed by atoms with Crippen LogP contribution in [0.25, 0.3) is 11.0 Å². The number of ether oxygens (including phenoxy) is 4. The summed E-state index contributed by atoms with van der Waals surface area (Å²) in [5, 5.41) is 4.19. The van der Waals surface area contributed by atoms with E-state index in [1.807, 2.05) is 30.3 Å². The van der Waals surface area contributed by atoms with E-state index in [2.05, 4.69) is 23.5 Å². The second kappa shape index (κ2) is 12.3. The van der Waals surface area contributed by atoms with Crippen LogP contribution in [0.1, 0.15) is 19.3 Å². The lowest BCUT2D eigenvalue weighted by molar-refractivity contribution is 0.297. The minimum Gasteiger partial charge on any atom is -0.493 e. The maximum atomic E-state index is 11.4. The molecule has 8 heteroatoms.